The van der Waals surface area contributed by atoms with Gasteiger partial charge < -0.3 is 14.9 Å². The lowest BCUT2D eigenvalue weighted by molar-refractivity contribution is 0.297. The van der Waals surface area contributed by atoms with Crippen molar-refractivity contribution >= 4 is 0 Å². The van der Waals surface area contributed by atoms with E-state index in [2.05, 4.69) is 6.92 Å². The molecule has 0 radical (unpaired) electrons. The molecule has 0 aliphatic carbocycles. The van der Waals surface area contributed by atoms with Gasteiger partial charge >= 0.3 is 0 Å². The summed E-state index contributed by atoms with van der Waals surface area (Å²) in [6.45, 7) is 6.95. The van der Waals surface area contributed by atoms with Crippen molar-refractivity contribution in [1.29, 1.82) is 0 Å². The summed E-state index contributed by atoms with van der Waals surface area (Å²) < 4.78 is 5.88. The molecule has 0 aliphatic heterocycles. The van der Waals surface area contributed by atoms with Crippen LogP contribution in [0.5, 0.6) is 17.2 Å². The van der Waals surface area contributed by atoms with Gasteiger partial charge in [0.1, 0.15) is 5.75 Å². The molecule has 2 N–H and O–H groups in total. The Kier molecular flexibility index (Phi) is 9.58. The van der Waals surface area contributed by atoms with Crippen LogP contribution in [-0.4, -0.2) is 16.8 Å². The topological polar surface area (TPSA) is 49.7 Å². The highest BCUT2D eigenvalue weighted by atomic mass is 16.5. The molecule has 23 heavy (non-hydrogen) atoms. The van der Waals surface area contributed by atoms with E-state index in [1.165, 1.54) is 44.9 Å². The Morgan fingerprint density at radius 1 is 0.783 bits per heavy atom. The monoisotopic (exact) mass is 322 g/mol. The maximum atomic E-state index is 9.96. The van der Waals surface area contributed by atoms with Crippen molar-refractivity contribution in [3.05, 3.63) is 17.2 Å². The minimum Gasteiger partial charge on any atom is -0.504 e. The zero-order valence-corrected chi connectivity index (χ0v) is 15.2. The molecule has 1 aromatic rings. The molecule has 0 fully saturated rings. The van der Waals surface area contributed by atoms with Crippen molar-refractivity contribution in [2.24, 2.45) is 0 Å². The minimum atomic E-state index is -0.0787. The second kappa shape index (κ2) is 11.2. The summed E-state index contributed by atoms with van der Waals surface area (Å²) >= 11 is 0. The van der Waals surface area contributed by atoms with Gasteiger partial charge in [-0.1, -0.05) is 65.7 Å². The zero-order valence-electron chi connectivity index (χ0n) is 15.2. The number of rotatable bonds is 12. The normalized spacial score (nSPS) is 10.9. The standard InChI is InChI=1S/C20H34O3/c1-4-7-8-9-10-11-12-13-14-23-19-15-18(21)20(22)17(6-3)16(19)5-2/h15,21-22H,4-14H2,1-3H3. The number of phenolic OH excluding ortho intramolecular Hbond substituents is 2. The van der Waals surface area contributed by atoms with Gasteiger partial charge in [-0.2, -0.15) is 0 Å². The number of unbranched alkanes of at least 4 members (excludes halogenated alkanes) is 7. The Hall–Kier alpha value is -1.38. The average Bonchev–Trinajstić information content (AvgIpc) is 2.55. The number of benzene rings is 1. The van der Waals surface area contributed by atoms with Gasteiger partial charge in [0, 0.05) is 17.2 Å². The van der Waals surface area contributed by atoms with Crippen molar-refractivity contribution in [1.82, 2.24) is 0 Å². The van der Waals surface area contributed by atoms with Gasteiger partial charge in [0.15, 0.2) is 11.5 Å². The number of ether oxygens (including phenoxy) is 1. The summed E-state index contributed by atoms with van der Waals surface area (Å²) in [6, 6.07) is 1.55. The maximum Gasteiger partial charge on any atom is 0.161 e. The first kappa shape index (κ1) is 19.7. The van der Waals surface area contributed by atoms with Crippen molar-refractivity contribution in [2.45, 2.75) is 85.0 Å². The summed E-state index contributed by atoms with van der Waals surface area (Å²) in [5.41, 5.74) is 1.82. The molecule has 1 aromatic carbocycles. The molecule has 0 amide bonds. The fourth-order valence-electron chi connectivity index (χ4n) is 3.04. The van der Waals surface area contributed by atoms with Crippen LogP contribution in [-0.2, 0) is 12.8 Å². The van der Waals surface area contributed by atoms with Crippen molar-refractivity contribution in [3.63, 3.8) is 0 Å². The fourth-order valence-corrected chi connectivity index (χ4v) is 3.04. The van der Waals surface area contributed by atoms with Crippen molar-refractivity contribution < 1.29 is 14.9 Å². The highest BCUT2D eigenvalue weighted by Crippen LogP contribution is 2.38. The number of hydrogen-bond acceptors (Lipinski definition) is 3. The molecule has 0 heterocycles. The number of aromatic hydroxyl groups is 2. The Labute approximate surface area is 141 Å². The van der Waals surface area contributed by atoms with Gasteiger partial charge in [-0.3, -0.25) is 0 Å². The first-order valence-electron chi connectivity index (χ1n) is 9.35. The van der Waals surface area contributed by atoms with Crippen molar-refractivity contribution in [3.8, 4) is 17.2 Å². The second-order valence-corrected chi connectivity index (χ2v) is 6.23. The largest absolute Gasteiger partial charge is 0.504 e. The minimum absolute atomic E-state index is 0.00350. The van der Waals surface area contributed by atoms with Crippen LogP contribution in [0.4, 0.5) is 0 Å². The molecule has 0 bridgehead atoms. The number of hydrogen-bond donors (Lipinski definition) is 2. The SMILES string of the molecule is CCCCCCCCCCOc1cc(O)c(O)c(CC)c1CC. The summed E-state index contributed by atoms with van der Waals surface area (Å²) in [7, 11) is 0. The van der Waals surface area contributed by atoms with Gasteiger partial charge in [-0.25, -0.2) is 0 Å². The maximum absolute atomic E-state index is 9.96. The third-order valence-corrected chi connectivity index (χ3v) is 4.42. The van der Waals surface area contributed by atoms with Crippen LogP contribution in [0, 0.1) is 0 Å². The van der Waals surface area contributed by atoms with Crippen molar-refractivity contribution in [2.75, 3.05) is 6.61 Å². The lowest BCUT2D eigenvalue weighted by Gasteiger charge is -2.16. The molecular formula is C20H34O3. The van der Waals surface area contributed by atoms with E-state index >= 15 is 0 Å². The summed E-state index contributed by atoms with van der Waals surface area (Å²) in [5.74, 6) is 0.649. The quantitative estimate of drug-likeness (QED) is 0.381. The van der Waals surface area contributed by atoms with Crippen LogP contribution >= 0.6 is 0 Å². The van der Waals surface area contributed by atoms with Crippen LogP contribution < -0.4 is 4.74 Å². The third-order valence-electron chi connectivity index (χ3n) is 4.42. The second-order valence-electron chi connectivity index (χ2n) is 6.23. The van der Waals surface area contributed by atoms with Gasteiger partial charge in [-0.05, 0) is 19.3 Å². The van der Waals surface area contributed by atoms with Gasteiger partial charge in [0.2, 0.25) is 0 Å². The predicted molar refractivity (Wildman–Crippen MR) is 96.6 cm³/mol. The van der Waals surface area contributed by atoms with E-state index in [-0.39, 0.29) is 11.5 Å². The van der Waals surface area contributed by atoms with Crippen LogP contribution in [0.15, 0.2) is 6.07 Å². The molecular weight excluding hydrogens is 288 g/mol. The Balaban J connectivity index is 2.39. The molecule has 0 aromatic heterocycles. The first-order valence-corrected chi connectivity index (χ1v) is 9.35. The van der Waals surface area contributed by atoms with Gasteiger partial charge in [0.05, 0.1) is 6.61 Å². The Morgan fingerprint density at radius 3 is 1.91 bits per heavy atom. The third kappa shape index (κ3) is 6.32. The highest BCUT2D eigenvalue weighted by molar-refractivity contribution is 5.56. The molecule has 0 saturated heterocycles. The zero-order chi connectivity index (χ0) is 17.1. The molecule has 3 nitrogen and oxygen atoms in total. The lowest BCUT2D eigenvalue weighted by Crippen LogP contribution is -2.03. The first-order chi connectivity index (χ1) is 11.2. The molecule has 1 rings (SSSR count). The molecule has 0 atom stereocenters. The summed E-state index contributed by atoms with van der Waals surface area (Å²) in [4.78, 5) is 0. The predicted octanol–water partition coefficient (Wildman–Crippen LogP) is 5.74. The van der Waals surface area contributed by atoms with Crippen LogP contribution in [0.2, 0.25) is 0 Å². The fraction of sp³-hybridized carbons (Fsp3) is 0.700. The van der Waals surface area contributed by atoms with Crippen LogP contribution in [0.1, 0.15) is 83.3 Å². The van der Waals surface area contributed by atoms with Gasteiger partial charge in [-0.15, -0.1) is 0 Å². The van der Waals surface area contributed by atoms with E-state index in [0.717, 1.165) is 29.7 Å². The van der Waals surface area contributed by atoms with E-state index in [0.29, 0.717) is 13.0 Å². The van der Waals surface area contributed by atoms with E-state index in [9.17, 15) is 10.2 Å². The smallest absolute Gasteiger partial charge is 0.161 e. The Bertz CT molecular complexity index is 455. The molecule has 3 heteroatoms. The summed E-state index contributed by atoms with van der Waals surface area (Å²) in [5, 5.41) is 19.8. The summed E-state index contributed by atoms with van der Waals surface area (Å²) in [6.07, 6.45) is 11.7. The van der Waals surface area contributed by atoms with E-state index < -0.39 is 0 Å². The molecule has 132 valence electrons. The van der Waals surface area contributed by atoms with E-state index in [1.54, 1.807) is 6.07 Å². The van der Waals surface area contributed by atoms with Gasteiger partial charge in [0.25, 0.3) is 0 Å². The van der Waals surface area contributed by atoms with Crippen LogP contribution in [0.3, 0.4) is 0 Å². The lowest BCUT2D eigenvalue weighted by atomic mass is 10.00. The van der Waals surface area contributed by atoms with E-state index in [4.69, 9.17) is 4.74 Å². The molecule has 0 saturated carbocycles. The Morgan fingerprint density at radius 2 is 1.35 bits per heavy atom. The van der Waals surface area contributed by atoms with Crippen LogP contribution in [0.25, 0.3) is 0 Å². The molecule has 0 spiro atoms. The molecule has 0 unspecified atom stereocenters. The number of phenols is 2. The highest BCUT2D eigenvalue weighted by Gasteiger charge is 2.15. The molecule has 0 aliphatic rings. The average molecular weight is 322 g/mol. The van der Waals surface area contributed by atoms with E-state index in [1.807, 2.05) is 13.8 Å².